The molecule has 3 heterocycles. The van der Waals surface area contributed by atoms with Crippen molar-refractivity contribution in [3.63, 3.8) is 0 Å². The molecule has 2 aromatic rings. The van der Waals surface area contributed by atoms with E-state index in [1.54, 1.807) is 0 Å². The highest BCUT2D eigenvalue weighted by atomic mass is 35.5. The number of carboxylic acid groups (broad SMARTS) is 1. The first-order valence-electron chi connectivity index (χ1n) is 11.6. The lowest BCUT2D eigenvalue weighted by Gasteiger charge is -2.35. The second-order valence-corrected chi connectivity index (χ2v) is 9.26. The molecule has 33 heavy (non-hydrogen) atoms. The Bertz CT molecular complexity index is 950. The summed E-state index contributed by atoms with van der Waals surface area (Å²) >= 11 is 5.95. The number of carbonyl (C=O) groups is 1. The van der Waals surface area contributed by atoms with Gasteiger partial charge in [0.05, 0.1) is 17.3 Å². The van der Waals surface area contributed by atoms with Gasteiger partial charge in [0.1, 0.15) is 17.7 Å². The van der Waals surface area contributed by atoms with Crippen LogP contribution in [0.4, 0.5) is 10.2 Å². The van der Waals surface area contributed by atoms with Crippen molar-refractivity contribution < 1.29 is 19.0 Å². The summed E-state index contributed by atoms with van der Waals surface area (Å²) in [4.78, 5) is 20.0. The summed E-state index contributed by atoms with van der Waals surface area (Å²) in [6, 6.07) is 3.50. The van der Waals surface area contributed by atoms with Crippen LogP contribution in [0.5, 0.6) is 0 Å². The first-order chi connectivity index (χ1) is 16.0. The lowest BCUT2D eigenvalue weighted by atomic mass is 9.79. The van der Waals surface area contributed by atoms with Crippen molar-refractivity contribution in [1.29, 1.82) is 0 Å². The van der Waals surface area contributed by atoms with Gasteiger partial charge in [0.25, 0.3) is 0 Å². The number of hydrogen-bond donors (Lipinski definition) is 3. The first-order valence-corrected chi connectivity index (χ1v) is 12.0. The number of nitrogens with zero attached hydrogens (tertiary/aromatic N) is 2. The molecule has 2 aliphatic rings. The minimum absolute atomic E-state index is 0.0158. The van der Waals surface area contributed by atoms with Gasteiger partial charge in [-0.25, -0.2) is 9.37 Å². The number of fused-ring (bicyclic) bond motifs is 1. The maximum absolute atomic E-state index is 13.8. The molecule has 0 spiro atoms. The molecule has 3 N–H and O–H groups in total. The van der Waals surface area contributed by atoms with Crippen molar-refractivity contribution in [2.75, 3.05) is 18.5 Å². The largest absolute Gasteiger partial charge is 0.480 e. The number of aliphatic carboxylic acids is 1. The zero-order chi connectivity index (χ0) is 23.2. The molecule has 0 saturated heterocycles. The molecular formula is C24H30ClFN4O3. The normalized spacial score (nSPS) is 20.4. The third kappa shape index (κ3) is 6.40. The van der Waals surface area contributed by atoms with Gasteiger partial charge in [0, 0.05) is 37.2 Å². The van der Waals surface area contributed by atoms with Crippen LogP contribution in [0.15, 0.2) is 24.5 Å². The van der Waals surface area contributed by atoms with E-state index in [0.717, 1.165) is 56.4 Å². The Morgan fingerprint density at radius 1 is 1.36 bits per heavy atom. The van der Waals surface area contributed by atoms with Gasteiger partial charge in [-0.2, -0.15) is 0 Å². The van der Waals surface area contributed by atoms with Crippen LogP contribution in [0.2, 0.25) is 5.02 Å². The summed E-state index contributed by atoms with van der Waals surface area (Å²) in [5.41, 5.74) is 2.66. The molecule has 2 aromatic heterocycles. The molecule has 1 fully saturated rings. The average molecular weight is 477 g/mol. The molecule has 4 rings (SSSR count). The van der Waals surface area contributed by atoms with Gasteiger partial charge in [-0.1, -0.05) is 17.7 Å². The molecule has 178 valence electrons. The van der Waals surface area contributed by atoms with Crippen LogP contribution < -0.4 is 10.6 Å². The molecule has 9 heteroatoms. The van der Waals surface area contributed by atoms with E-state index in [1.807, 2.05) is 0 Å². The minimum Gasteiger partial charge on any atom is -0.480 e. The van der Waals surface area contributed by atoms with Crippen LogP contribution in [-0.4, -0.2) is 46.3 Å². The summed E-state index contributed by atoms with van der Waals surface area (Å²) in [5, 5.41) is 15.9. The third-order valence-electron chi connectivity index (χ3n) is 6.49. The number of aryl methyl sites for hydroxylation is 2. The molecule has 1 atom stereocenters. The molecule has 0 radical (unpaired) electrons. The number of pyridine rings is 2. The fourth-order valence-electron chi connectivity index (χ4n) is 4.40. The van der Waals surface area contributed by atoms with Crippen LogP contribution in [-0.2, 0) is 28.9 Å². The lowest BCUT2D eigenvalue weighted by molar-refractivity contribution is -0.140. The van der Waals surface area contributed by atoms with Crippen LogP contribution in [0.3, 0.4) is 0 Å². The van der Waals surface area contributed by atoms with E-state index in [2.05, 4.69) is 27.8 Å². The Labute approximate surface area is 198 Å². The van der Waals surface area contributed by atoms with Crippen LogP contribution in [0.1, 0.15) is 48.9 Å². The monoisotopic (exact) mass is 476 g/mol. The molecule has 1 aliphatic carbocycles. The summed E-state index contributed by atoms with van der Waals surface area (Å²) < 4.78 is 19.7. The van der Waals surface area contributed by atoms with E-state index >= 15 is 0 Å². The highest BCUT2D eigenvalue weighted by Crippen LogP contribution is 2.34. The van der Waals surface area contributed by atoms with Crippen LogP contribution in [0, 0.1) is 11.7 Å². The lowest BCUT2D eigenvalue weighted by Crippen LogP contribution is -2.39. The van der Waals surface area contributed by atoms with Crippen molar-refractivity contribution in [3.05, 3.63) is 52.2 Å². The highest BCUT2D eigenvalue weighted by Gasteiger charge is 2.30. The Hall–Kier alpha value is -2.29. The van der Waals surface area contributed by atoms with Gasteiger partial charge in [-0.3, -0.25) is 9.78 Å². The molecule has 1 aliphatic heterocycles. The summed E-state index contributed by atoms with van der Waals surface area (Å²) in [5.74, 6) is 0.107. The fourth-order valence-corrected chi connectivity index (χ4v) is 4.62. The third-order valence-corrected chi connectivity index (χ3v) is 6.81. The van der Waals surface area contributed by atoms with Gasteiger partial charge in [-0.05, 0) is 62.5 Å². The molecule has 0 amide bonds. The molecule has 0 aromatic carbocycles. The Kier molecular flexibility index (Phi) is 8.11. The van der Waals surface area contributed by atoms with Crippen molar-refractivity contribution in [2.45, 2.75) is 63.6 Å². The average Bonchev–Trinajstić information content (AvgIpc) is 2.77. The van der Waals surface area contributed by atoms with E-state index in [4.69, 9.17) is 21.3 Å². The quantitative estimate of drug-likeness (QED) is 0.451. The predicted octanol–water partition coefficient (Wildman–Crippen LogP) is 3.99. The Morgan fingerprint density at radius 3 is 3.00 bits per heavy atom. The number of anilines is 1. The van der Waals surface area contributed by atoms with Crippen molar-refractivity contribution >= 4 is 23.4 Å². The number of rotatable bonds is 11. The Morgan fingerprint density at radius 2 is 2.21 bits per heavy atom. The van der Waals surface area contributed by atoms with Crippen molar-refractivity contribution in [2.24, 2.45) is 5.92 Å². The standard InChI is InChI=1S/C24H30ClFN4O3/c25-20-13-27-14-21(26)19(20)12-29-22(24(31)32)7-9-33-18-10-15(11-18)3-5-17-6-4-16-2-1-8-28-23(16)30-17/h4,6,13-15,18,22,29H,1-3,5,7-12H2,(H,28,30)(H,31,32)/t15?,18?,22-/m0/s1. The summed E-state index contributed by atoms with van der Waals surface area (Å²) in [6.07, 6.45) is 9.18. The number of ether oxygens (including phenoxy) is 1. The highest BCUT2D eigenvalue weighted by molar-refractivity contribution is 6.31. The van der Waals surface area contributed by atoms with Crippen molar-refractivity contribution in [1.82, 2.24) is 15.3 Å². The van der Waals surface area contributed by atoms with Gasteiger partial charge < -0.3 is 20.5 Å². The van der Waals surface area contributed by atoms with E-state index < -0.39 is 17.8 Å². The Balaban J connectivity index is 1.14. The van der Waals surface area contributed by atoms with Crippen LogP contribution >= 0.6 is 11.6 Å². The molecule has 0 unspecified atom stereocenters. The maximum Gasteiger partial charge on any atom is 0.320 e. The van der Waals surface area contributed by atoms with E-state index in [9.17, 15) is 14.3 Å². The fraction of sp³-hybridized carbons (Fsp3) is 0.542. The summed E-state index contributed by atoms with van der Waals surface area (Å²) in [7, 11) is 0. The second-order valence-electron chi connectivity index (χ2n) is 8.85. The smallest absolute Gasteiger partial charge is 0.320 e. The second kappa shape index (κ2) is 11.2. The number of hydrogen-bond acceptors (Lipinski definition) is 6. The van der Waals surface area contributed by atoms with E-state index in [0.29, 0.717) is 18.9 Å². The van der Waals surface area contributed by atoms with E-state index in [1.165, 1.54) is 18.2 Å². The number of nitrogens with one attached hydrogen (secondary N) is 2. The number of carboxylic acids is 1. The first kappa shape index (κ1) is 23.9. The van der Waals surface area contributed by atoms with Crippen molar-refractivity contribution in [3.8, 4) is 0 Å². The zero-order valence-electron chi connectivity index (χ0n) is 18.5. The van der Waals surface area contributed by atoms with Gasteiger partial charge in [0.2, 0.25) is 0 Å². The molecule has 1 saturated carbocycles. The molecular weight excluding hydrogens is 447 g/mol. The molecule has 0 bridgehead atoms. The zero-order valence-corrected chi connectivity index (χ0v) is 19.3. The van der Waals surface area contributed by atoms with Crippen LogP contribution in [0.25, 0.3) is 0 Å². The van der Waals surface area contributed by atoms with Gasteiger partial charge in [0.15, 0.2) is 0 Å². The molecule has 7 nitrogen and oxygen atoms in total. The minimum atomic E-state index is -0.997. The van der Waals surface area contributed by atoms with E-state index in [-0.39, 0.29) is 23.2 Å². The number of aromatic nitrogens is 2. The summed E-state index contributed by atoms with van der Waals surface area (Å²) in [6.45, 7) is 1.35. The number of halogens is 2. The predicted molar refractivity (Wildman–Crippen MR) is 124 cm³/mol. The van der Waals surface area contributed by atoms with Gasteiger partial charge in [-0.15, -0.1) is 0 Å². The topological polar surface area (TPSA) is 96.4 Å². The SMILES string of the molecule is O=C(O)[C@H](CCOC1CC(CCc2ccc3c(n2)NCCC3)C1)NCc1c(F)cncc1Cl. The van der Waals surface area contributed by atoms with Gasteiger partial charge >= 0.3 is 5.97 Å². The maximum atomic E-state index is 13.8.